The second-order valence-corrected chi connectivity index (χ2v) is 12.4. The number of thioether (sulfide) groups is 1. The van der Waals surface area contributed by atoms with Crippen molar-refractivity contribution < 1.29 is 57.5 Å². The maximum atomic E-state index is 15.5. The number of amides is 1. The second-order valence-electron chi connectivity index (χ2n) is 11.6. The Labute approximate surface area is 335 Å². The summed E-state index contributed by atoms with van der Waals surface area (Å²) in [5, 5.41) is -1.84. The number of likely N-dealkylation sites (tertiary alicyclic amines) is 1. The van der Waals surface area contributed by atoms with Crippen molar-refractivity contribution in [3.05, 3.63) is 135 Å². The minimum absolute atomic E-state index is 0.0236. The number of hydrogen-bond acceptors (Lipinski definition) is 5. The van der Waals surface area contributed by atoms with Gasteiger partial charge >= 0.3 is 6.18 Å². The van der Waals surface area contributed by atoms with Gasteiger partial charge in [-0.2, -0.15) is 13.2 Å². The van der Waals surface area contributed by atoms with Crippen molar-refractivity contribution in [2.24, 2.45) is 0 Å². The molecule has 1 amide bonds. The van der Waals surface area contributed by atoms with Gasteiger partial charge in [0.25, 0.3) is 0 Å². The summed E-state index contributed by atoms with van der Waals surface area (Å²) in [5.41, 5.74) is -11.9. The lowest BCUT2D eigenvalue weighted by Crippen LogP contribution is -2.48. The molecule has 0 saturated carbocycles. The van der Waals surface area contributed by atoms with Gasteiger partial charge in [-0.05, 0) is 66.2 Å². The highest BCUT2D eigenvalue weighted by Gasteiger charge is 2.32. The van der Waals surface area contributed by atoms with E-state index in [0.29, 0.717) is 4.57 Å². The zero-order chi connectivity index (χ0) is 54.3. The Bertz CT molecular complexity index is 3070. The van der Waals surface area contributed by atoms with Crippen LogP contribution in [0.2, 0.25) is 0 Å². The zero-order valence-electron chi connectivity index (χ0n) is 46.9. The fourth-order valence-corrected chi connectivity index (χ4v) is 6.33. The van der Waals surface area contributed by atoms with E-state index in [1.54, 1.807) is 4.90 Å². The topological polar surface area (TPSA) is 54.8 Å². The van der Waals surface area contributed by atoms with E-state index in [-0.39, 0.29) is 44.2 Å². The Hall–Kier alpha value is -4.52. The Kier molecular flexibility index (Phi) is 6.54. The lowest BCUT2D eigenvalue weighted by Gasteiger charge is -2.39. The molecule has 0 radical (unpaired) electrons. The first-order chi connectivity index (χ1) is 33.1. The predicted octanol–water partition coefficient (Wildman–Crippen LogP) is 8.71. The molecular formula is C41H40F5N3O3S. The largest absolute Gasteiger partial charge is 0.416 e. The van der Waals surface area contributed by atoms with Crippen LogP contribution in [0.15, 0.2) is 100 Å². The van der Waals surface area contributed by atoms with Gasteiger partial charge in [0, 0.05) is 64.8 Å². The van der Waals surface area contributed by atoms with Gasteiger partial charge in [0.1, 0.15) is 6.54 Å². The summed E-state index contributed by atoms with van der Waals surface area (Å²) in [6, 6.07) is -17.7. The Balaban J connectivity index is 1.58. The number of carbonyl (C=O) groups is 1. The Morgan fingerprint density at radius 3 is 2.42 bits per heavy atom. The maximum Gasteiger partial charge on any atom is 0.416 e. The van der Waals surface area contributed by atoms with Gasteiger partial charge in [0.2, 0.25) is 5.91 Å². The number of carbonyl (C=O) groups excluding carboxylic acids is 1. The van der Waals surface area contributed by atoms with Gasteiger partial charge < -0.3 is 19.1 Å². The van der Waals surface area contributed by atoms with E-state index in [4.69, 9.17) is 30.8 Å². The molecule has 53 heavy (non-hydrogen) atoms. The molecule has 0 bridgehead atoms. The molecule has 1 fully saturated rings. The van der Waals surface area contributed by atoms with Crippen LogP contribution >= 0.6 is 11.8 Å². The molecule has 0 aliphatic carbocycles. The van der Waals surface area contributed by atoms with E-state index in [9.17, 15) is 22.4 Å². The molecule has 5 aromatic rings. The number of para-hydroxylation sites is 1. The molecule has 1 saturated heterocycles. The van der Waals surface area contributed by atoms with Crippen molar-refractivity contribution in [2.45, 2.75) is 55.8 Å². The van der Waals surface area contributed by atoms with Crippen molar-refractivity contribution in [1.29, 1.82) is 0 Å². The predicted molar refractivity (Wildman–Crippen MR) is 198 cm³/mol. The van der Waals surface area contributed by atoms with Gasteiger partial charge in [0.05, 0.1) is 46.0 Å². The van der Waals surface area contributed by atoms with Crippen LogP contribution in [0.3, 0.4) is 0 Å². The number of benzene rings is 4. The van der Waals surface area contributed by atoms with Crippen LogP contribution < -0.4 is 5.43 Å². The summed E-state index contributed by atoms with van der Waals surface area (Å²) < 4.78 is 239. The summed E-state index contributed by atoms with van der Waals surface area (Å²) in [6.07, 6.45) is -5.24. The molecule has 6 nitrogen and oxygen atoms in total. The Morgan fingerprint density at radius 2 is 1.70 bits per heavy atom. The summed E-state index contributed by atoms with van der Waals surface area (Å²) >= 11 is -0.283. The number of aromatic nitrogens is 1. The molecule has 2 heterocycles. The first-order valence-electron chi connectivity index (χ1n) is 25.3. The van der Waals surface area contributed by atoms with Crippen LogP contribution in [-0.4, -0.2) is 59.6 Å². The van der Waals surface area contributed by atoms with Crippen LogP contribution in [0, 0.1) is 18.6 Å². The minimum Gasteiger partial charge on any atom is -0.383 e. The van der Waals surface area contributed by atoms with Crippen molar-refractivity contribution in [3.63, 3.8) is 0 Å². The number of pyridine rings is 1. The summed E-state index contributed by atoms with van der Waals surface area (Å²) in [6.45, 7) is -3.56. The fraction of sp³-hybridized carbons (Fsp3) is 0.317. The van der Waals surface area contributed by atoms with Gasteiger partial charge in [-0.3, -0.25) is 9.59 Å². The van der Waals surface area contributed by atoms with Crippen LogP contribution in [-0.2, 0) is 34.5 Å². The zero-order valence-corrected chi connectivity index (χ0v) is 28.7. The van der Waals surface area contributed by atoms with Crippen LogP contribution in [0.25, 0.3) is 22.0 Å². The maximum absolute atomic E-state index is 15.5. The summed E-state index contributed by atoms with van der Waals surface area (Å²) in [7, 11) is 1.14. The minimum atomic E-state index is -5.19. The second kappa shape index (κ2) is 16.7. The molecule has 6 rings (SSSR count). The van der Waals surface area contributed by atoms with Gasteiger partial charge in [0.15, 0.2) is 17.1 Å². The number of methoxy groups -OCH3 is 1. The molecule has 12 heteroatoms. The molecule has 0 atom stereocenters. The van der Waals surface area contributed by atoms with Gasteiger partial charge in [-0.25, -0.2) is 8.78 Å². The molecule has 1 aliphatic heterocycles. The third kappa shape index (κ3) is 9.00. The molecule has 4 aromatic carbocycles. The first-order valence-corrected chi connectivity index (χ1v) is 16.6. The number of alkyl halides is 3. The van der Waals surface area contributed by atoms with E-state index in [0.717, 1.165) is 18.9 Å². The van der Waals surface area contributed by atoms with E-state index >= 15 is 9.18 Å². The number of nitrogens with zero attached hydrogens (tertiary/aromatic N) is 3. The van der Waals surface area contributed by atoms with E-state index in [2.05, 4.69) is 0 Å². The molecular weight excluding hydrogens is 710 g/mol. The first kappa shape index (κ1) is 20.8. The number of fused-ring (bicyclic) bond motifs is 1. The van der Waals surface area contributed by atoms with E-state index in [1.165, 1.54) is 0 Å². The number of halogens is 5. The normalized spacial score (nSPS) is 19.8. The highest BCUT2D eigenvalue weighted by Crippen LogP contribution is 2.34. The van der Waals surface area contributed by atoms with E-state index in [1.807, 2.05) is 0 Å². The van der Waals surface area contributed by atoms with Crippen LogP contribution in [0.1, 0.15) is 61.1 Å². The number of piperidine rings is 1. The average Bonchev–Trinajstić information content (AvgIpc) is 3.30. The quantitative estimate of drug-likeness (QED) is 0.0940. The third-order valence-electron chi connectivity index (χ3n) is 8.23. The fourth-order valence-electron chi connectivity index (χ4n) is 5.58. The lowest BCUT2D eigenvalue weighted by atomic mass is 9.98. The highest BCUT2D eigenvalue weighted by atomic mass is 32.2. The van der Waals surface area contributed by atoms with Crippen molar-refractivity contribution >= 4 is 28.6 Å². The average molecular weight is 769 g/mol. The van der Waals surface area contributed by atoms with E-state index < -0.39 is 200 Å². The third-order valence-corrected chi connectivity index (χ3v) is 9.06. The SMILES string of the molecule is [2H]c1c([2H])c(F)c(F)c(C([2H])([2H])Sc2c([2H])c(=O)c3c([2H])c([2H])c([2H])c([2H])c3n2CC(=O)N(Cc2c([2H])c([2H])c(-c3c([2H])c([2H])c(C(F)(F)F)c(C)c3[2H])c([2H])c2[2H])C2CCN(CC([2H])([2H])OC)CC2)c1[2H]. The molecule has 278 valence electrons. The van der Waals surface area contributed by atoms with Gasteiger partial charge in [-0.15, -0.1) is 11.8 Å². The standard InChI is InChI=1S/C41H40F5N3O3S/c1-27-22-30(14-15-34(27)41(44,45)46)29-12-10-28(11-13-29)24-48(32-16-18-47(19-17-32)20-21-52-2)38(51)25-49-36-9-4-3-7-33(36)37(50)23-39(49)53-26-31-6-5-8-35(42)40(31)43/h3-15,22-23,32H,16-21,24-26H2,1-2H3/i3D,4D,5D,6D,7D,8D,9D,10D,11D,12D,13D,14D,15D,21D2,22D,23D,26D2. The monoisotopic (exact) mass is 768 g/mol. The number of hydrogen-bond donors (Lipinski definition) is 0. The number of ether oxygens (including phenoxy) is 1. The molecule has 0 spiro atoms. The van der Waals surface area contributed by atoms with Crippen molar-refractivity contribution in [2.75, 3.05) is 33.3 Å². The molecule has 1 aromatic heterocycles. The van der Waals surface area contributed by atoms with Crippen molar-refractivity contribution in [1.82, 2.24) is 14.4 Å². The van der Waals surface area contributed by atoms with Crippen LogP contribution in [0.5, 0.6) is 0 Å². The summed E-state index contributed by atoms with van der Waals surface area (Å²) in [5.74, 6) is -5.27. The van der Waals surface area contributed by atoms with Crippen LogP contribution in [0.4, 0.5) is 22.0 Å². The number of rotatable bonds is 12. The smallest absolute Gasteiger partial charge is 0.383 e. The summed E-state index contributed by atoms with van der Waals surface area (Å²) in [4.78, 5) is 31.7. The highest BCUT2D eigenvalue weighted by molar-refractivity contribution is 7.98. The van der Waals surface area contributed by atoms with Crippen molar-refractivity contribution in [3.8, 4) is 11.1 Å². The molecule has 1 aliphatic rings. The molecule has 0 unspecified atom stereocenters. The van der Waals surface area contributed by atoms with Gasteiger partial charge in [-0.1, -0.05) is 60.4 Å². The Morgan fingerprint density at radius 1 is 0.981 bits per heavy atom. The molecule has 0 N–H and O–H groups in total. The lowest BCUT2D eigenvalue weighted by molar-refractivity contribution is -0.138.